The second kappa shape index (κ2) is 7.00. The van der Waals surface area contributed by atoms with Crippen molar-refractivity contribution in [2.75, 3.05) is 17.7 Å². The lowest BCUT2D eigenvalue weighted by Crippen LogP contribution is -2.39. The second-order valence-corrected chi connectivity index (χ2v) is 9.22. The van der Waals surface area contributed by atoms with Crippen LogP contribution in [0.3, 0.4) is 0 Å². The third kappa shape index (κ3) is 3.49. The Kier molecular flexibility index (Phi) is 4.62. The van der Waals surface area contributed by atoms with Gasteiger partial charge in [0, 0.05) is 17.2 Å². The van der Waals surface area contributed by atoms with E-state index in [1.165, 1.54) is 17.0 Å². The van der Waals surface area contributed by atoms with Crippen LogP contribution in [0.2, 0.25) is 0 Å². The van der Waals surface area contributed by atoms with E-state index in [2.05, 4.69) is 5.32 Å². The monoisotopic (exact) mass is 408 g/mol. The molecule has 1 N–H and O–H groups in total. The molecule has 148 valence electrons. The van der Waals surface area contributed by atoms with Gasteiger partial charge in [-0.1, -0.05) is 36.4 Å². The number of hydrogen-bond acceptors (Lipinski definition) is 4. The maximum absolute atomic E-state index is 12.8. The number of carbonyl (C=O) groups is 2. The zero-order valence-corrected chi connectivity index (χ0v) is 16.9. The van der Waals surface area contributed by atoms with Crippen molar-refractivity contribution in [2.45, 2.75) is 17.9 Å². The Hall–Kier alpha value is -3.19. The quantitative estimate of drug-likeness (QED) is 0.703. The van der Waals surface area contributed by atoms with Crippen molar-refractivity contribution in [1.82, 2.24) is 5.32 Å². The molecule has 0 saturated carbocycles. The van der Waals surface area contributed by atoms with Gasteiger partial charge in [-0.05, 0) is 42.1 Å². The molecule has 3 aromatic carbocycles. The van der Waals surface area contributed by atoms with Crippen LogP contribution in [0.25, 0.3) is 10.8 Å². The van der Waals surface area contributed by atoms with Gasteiger partial charge in [0.05, 0.1) is 16.6 Å². The van der Waals surface area contributed by atoms with Gasteiger partial charge < -0.3 is 5.32 Å². The van der Waals surface area contributed by atoms with Crippen LogP contribution >= 0.6 is 0 Å². The number of rotatable bonds is 5. The van der Waals surface area contributed by atoms with Gasteiger partial charge in [0.1, 0.15) is 6.54 Å². The maximum atomic E-state index is 12.8. The summed E-state index contributed by atoms with van der Waals surface area (Å²) in [5.74, 6) is -0.472. The number of carbonyl (C=O) groups excluding carboxylic acids is 2. The smallest absolute Gasteiger partial charge is 0.259 e. The predicted molar refractivity (Wildman–Crippen MR) is 112 cm³/mol. The van der Waals surface area contributed by atoms with E-state index in [0.717, 1.165) is 28.3 Å². The van der Waals surface area contributed by atoms with Crippen molar-refractivity contribution < 1.29 is 18.0 Å². The van der Waals surface area contributed by atoms with E-state index >= 15 is 0 Å². The predicted octanol–water partition coefficient (Wildman–Crippen LogP) is 3.08. The summed E-state index contributed by atoms with van der Waals surface area (Å²) in [5.41, 5.74) is 2.13. The van der Waals surface area contributed by atoms with Crippen molar-refractivity contribution in [3.05, 3.63) is 71.8 Å². The zero-order chi connectivity index (χ0) is 20.8. The molecule has 1 heterocycles. The highest BCUT2D eigenvalue weighted by Crippen LogP contribution is 2.36. The average molecular weight is 408 g/mol. The molecule has 1 atom stereocenters. The van der Waals surface area contributed by atoms with E-state index < -0.39 is 9.84 Å². The Labute approximate surface area is 169 Å². The normalized spacial score (nSPS) is 14.3. The molecule has 0 aromatic heterocycles. The summed E-state index contributed by atoms with van der Waals surface area (Å²) < 4.78 is 23.2. The first kappa shape index (κ1) is 19.1. The molecule has 1 unspecified atom stereocenters. The van der Waals surface area contributed by atoms with Crippen LogP contribution in [0.5, 0.6) is 0 Å². The lowest BCUT2D eigenvalue weighted by atomic mass is 10.1. The Bertz CT molecular complexity index is 1230. The number of anilines is 1. The first-order valence-electron chi connectivity index (χ1n) is 9.19. The van der Waals surface area contributed by atoms with Gasteiger partial charge >= 0.3 is 0 Å². The number of benzene rings is 3. The second-order valence-electron chi connectivity index (χ2n) is 7.20. The fourth-order valence-corrected chi connectivity index (χ4v) is 4.28. The number of hydrogen-bond donors (Lipinski definition) is 1. The molecule has 0 bridgehead atoms. The van der Waals surface area contributed by atoms with Crippen LogP contribution < -0.4 is 10.2 Å². The topological polar surface area (TPSA) is 83.6 Å². The van der Waals surface area contributed by atoms with E-state index in [0.29, 0.717) is 5.56 Å². The van der Waals surface area contributed by atoms with Crippen molar-refractivity contribution >= 4 is 38.1 Å². The molecule has 1 aliphatic rings. The fraction of sp³-hybridized carbons (Fsp3) is 0.182. The summed E-state index contributed by atoms with van der Waals surface area (Å²) in [6.45, 7) is 1.73. The minimum atomic E-state index is -3.27. The molecule has 6 nitrogen and oxygen atoms in total. The summed E-state index contributed by atoms with van der Waals surface area (Å²) in [6, 6.07) is 17.3. The Morgan fingerprint density at radius 3 is 2.34 bits per heavy atom. The molecule has 4 rings (SSSR count). The molecule has 7 heteroatoms. The highest BCUT2D eigenvalue weighted by molar-refractivity contribution is 7.90. The Morgan fingerprint density at radius 1 is 1.03 bits per heavy atom. The highest BCUT2D eigenvalue weighted by atomic mass is 32.2. The highest BCUT2D eigenvalue weighted by Gasteiger charge is 2.31. The fourth-order valence-electron chi connectivity index (χ4n) is 3.65. The molecule has 0 spiro atoms. The van der Waals surface area contributed by atoms with Crippen molar-refractivity contribution in [3.63, 3.8) is 0 Å². The van der Waals surface area contributed by atoms with Crippen molar-refractivity contribution in [1.29, 1.82) is 0 Å². The van der Waals surface area contributed by atoms with Gasteiger partial charge in [-0.15, -0.1) is 0 Å². The minimum absolute atomic E-state index is 0.0849. The van der Waals surface area contributed by atoms with Crippen LogP contribution in [-0.4, -0.2) is 33.0 Å². The first-order chi connectivity index (χ1) is 13.8. The molecular weight excluding hydrogens is 388 g/mol. The molecule has 0 fully saturated rings. The number of nitrogens with zero attached hydrogens (tertiary/aromatic N) is 1. The Balaban J connectivity index is 1.49. The maximum Gasteiger partial charge on any atom is 0.259 e. The molecule has 0 aliphatic carbocycles. The van der Waals surface area contributed by atoms with Crippen molar-refractivity contribution in [3.8, 4) is 0 Å². The average Bonchev–Trinajstić information content (AvgIpc) is 2.95. The molecule has 29 heavy (non-hydrogen) atoms. The standard InChI is InChI=1S/C22H20N2O4S/c1-14(15-9-11-17(12-10-15)29(2,27)28)23-20(25)13-24-19-8-4-6-16-5-3-7-18(21(16)19)22(24)26/h3-12,14H,13H2,1-2H3,(H,23,25). The van der Waals surface area contributed by atoms with E-state index in [9.17, 15) is 18.0 Å². The van der Waals surface area contributed by atoms with Gasteiger partial charge in [0.25, 0.3) is 5.91 Å². The molecule has 0 radical (unpaired) electrons. The summed E-state index contributed by atoms with van der Waals surface area (Å²) in [5, 5.41) is 4.72. The van der Waals surface area contributed by atoms with E-state index in [1.807, 2.05) is 37.3 Å². The summed E-state index contributed by atoms with van der Waals surface area (Å²) >= 11 is 0. The van der Waals surface area contributed by atoms with Gasteiger partial charge in [-0.2, -0.15) is 0 Å². The summed E-state index contributed by atoms with van der Waals surface area (Å²) in [7, 11) is -3.27. The van der Waals surface area contributed by atoms with E-state index in [-0.39, 0.29) is 29.3 Å². The third-order valence-electron chi connectivity index (χ3n) is 5.14. The molecule has 2 amide bonds. The van der Waals surface area contributed by atoms with Crippen LogP contribution in [0, 0.1) is 0 Å². The summed E-state index contributed by atoms with van der Waals surface area (Å²) in [4.78, 5) is 27.1. The van der Waals surface area contributed by atoms with E-state index in [1.54, 1.807) is 18.2 Å². The third-order valence-corrected chi connectivity index (χ3v) is 6.26. The van der Waals surface area contributed by atoms with E-state index in [4.69, 9.17) is 0 Å². The molecule has 3 aromatic rings. The van der Waals surface area contributed by atoms with Gasteiger partial charge in [-0.3, -0.25) is 14.5 Å². The lowest BCUT2D eigenvalue weighted by molar-refractivity contribution is -0.120. The van der Waals surface area contributed by atoms with Crippen LogP contribution in [-0.2, 0) is 14.6 Å². The largest absolute Gasteiger partial charge is 0.348 e. The molecular formula is C22H20N2O4S. The molecule has 1 aliphatic heterocycles. The van der Waals surface area contributed by atoms with Crippen molar-refractivity contribution in [2.24, 2.45) is 0 Å². The number of sulfone groups is 1. The zero-order valence-electron chi connectivity index (χ0n) is 16.0. The minimum Gasteiger partial charge on any atom is -0.348 e. The lowest BCUT2D eigenvalue weighted by Gasteiger charge is -2.20. The SMILES string of the molecule is CC(NC(=O)CN1C(=O)c2cccc3cccc1c23)c1ccc(S(C)(=O)=O)cc1. The van der Waals surface area contributed by atoms with Crippen LogP contribution in [0.15, 0.2) is 65.6 Å². The van der Waals surface area contributed by atoms with Gasteiger partial charge in [0.2, 0.25) is 5.91 Å². The number of amides is 2. The van der Waals surface area contributed by atoms with Crippen LogP contribution in [0.4, 0.5) is 5.69 Å². The first-order valence-corrected chi connectivity index (χ1v) is 11.1. The van der Waals surface area contributed by atoms with Gasteiger partial charge in [-0.25, -0.2) is 8.42 Å². The Morgan fingerprint density at radius 2 is 1.69 bits per heavy atom. The number of nitrogens with one attached hydrogen (secondary N) is 1. The van der Waals surface area contributed by atoms with Crippen LogP contribution in [0.1, 0.15) is 28.9 Å². The summed E-state index contributed by atoms with van der Waals surface area (Å²) in [6.07, 6.45) is 1.15. The van der Waals surface area contributed by atoms with Gasteiger partial charge in [0.15, 0.2) is 9.84 Å². The molecule has 0 saturated heterocycles.